The Balaban J connectivity index is 1.97. The molecule has 0 spiro atoms. The first-order valence-corrected chi connectivity index (χ1v) is 8.68. The van der Waals surface area contributed by atoms with Gasteiger partial charge in [0.1, 0.15) is 6.67 Å². The Hall–Kier alpha value is -3.42. The highest BCUT2D eigenvalue weighted by molar-refractivity contribution is 5.89. The van der Waals surface area contributed by atoms with Gasteiger partial charge >= 0.3 is 12.2 Å². The number of halogens is 4. The van der Waals surface area contributed by atoms with Crippen molar-refractivity contribution in [1.82, 2.24) is 10.3 Å². The van der Waals surface area contributed by atoms with E-state index in [2.05, 4.69) is 15.6 Å². The fourth-order valence-corrected chi connectivity index (χ4v) is 2.82. The number of para-hydroxylation sites is 1. The molecule has 1 atom stereocenters. The summed E-state index contributed by atoms with van der Waals surface area (Å²) in [5, 5.41) is 5.12. The maximum Gasteiger partial charge on any atom is 0.418 e. The number of urea groups is 1. The molecular formula is C21H17F4N3O. The van der Waals surface area contributed by atoms with Crippen molar-refractivity contribution < 1.29 is 22.4 Å². The van der Waals surface area contributed by atoms with Gasteiger partial charge in [-0.2, -0.15) is 13.2 Å². The van der Waals surface area contributed by atoms with Gasteiger partial charge in [0.2, 0.25) is 0 Å². The van der Waals surface area contributed by atoms with Gasteiger partial charge in [-0.25, -0.2) is 9.18 Å². The van der Waals surface area contributed by atoms with E-state index in [-0.39, 0.29) is 5.69 Å². The summed E-state index contributed by atoms with van der Waals surface area (Å²) in [7, 11) is 0. The predicted molar refractivity (Wildman–Crippen MR) is 101 cm³/mol. The number of benzene rings is 2. The van der Waals surface area contributed by atoms with Crippen molar-refractivity contribution in [3.8, 4) is 0 Å². The van der Waals surface area contributed by atoms with Crippen LogP contribution in [0.5, 0.6) is 0 Å². The molecule has 150 valence electrons. The molecule has 1 aromatic heterocycles. The Labute approximate surface area is 164 Å². The molecule has 0 unspecified atom stereocenters. The summed E-state index contributed by atoms with van der Waals surface area (Å²) in [4.78, 5) is 16.4. The highest BCUT2D eigenvalue weighted by Crippen LogP contribution is 2.35. The molecular weight excluding hydrogens is 386 g/mol. The van der Waals surface area contributed by atoms with E-state index < -0.39 is 30.5 Å². The Bertz CT molecular complexity index is 960. The molecule has 0 aliphatic heterocycles. The molecule has 0 aliphatic carbocycles. The van der Waals surface area contributed by atoms with Gasteiger partial charge in [0, 0.05) is 11.9 Å². The maximum atomic E-state index is 13.5. The van der Waals surface area contributed by atoms with Crippen molar-refractivity contribution >= 4 is 11.7 Å². The minimum absolute atomic E-state index is 0.342. The molecule has 0 fully saturated rings. The molecule has 0 bridgehead atoms. The standard InChI is InChI=1S/C21H17F4N3O/c22-13-14-8-10-15(11-9-14)18(19-17(21(23,24)25)7-4-12-26-19)28-20(29)27-16-5-2-1-3-6-16/h1-12,18H,13H2,(H2,27,28,29)/t18-/m0/s1. The molecule has 1 heterocycles. The fraction of sp³-hybridized carbons (Fsp3) is 0.143. The van der Waals surface area contributed by atoms with Crippen LogP contribution < -0.4 is 10.6 Å². The van der Waals surface area contributed by atoms with Gasteiger partial charge in [0.25, 0.3) is 0 Å². The van der Waals surface area contributed by atoms with Crippen LogP contribution in [0.1, 0.15) is 28.4 Å². The Morgan fingerprint density at radius 3 is 2.28 bits per heavy atom. The monoisotopic (exact) mass is 403 g/mol. The summed E-state index contributed by atoms with van der Waals surface area (Å²) in [6, 6.07) is 14.5. The highest BCUT2D eigenvalue weighted by atomic mass is 19.4. The Morgan fingerprint density at radius 1 is 0.966 bits per heavy atom. The summed E-state index contributed by atoms with van der Waals surface area (Å²) in [6.07, 6.45) is -3.43. The van der Waals surface area contributed by atoms with E-state index >= 15 is 0 Å². The number of rotatable bonds is 5. The van der Waals surface area contributed by atoms with Gasteiger partial charge in [-0.15, -0.1) is 0 Å². The number of anilines is 1. The molecule has 2 amide bonds. The van der Waals surface area contributed by atoms with Gasteiger partial charge in [-0.1, -0.05) is 42.5 Å². The lowest BCUT2D eigenvalue weighted by molar-refractivity contribution is -0.138. The van der Waals surface area contributed by atoms with Crippen molar-refractivity contribution in [2.45, 2.75) is 18.9 Å². The summed E-state index contributed by atoms with van der Waals surface area (Å²) in [5.74, 6) is 0. The van der Waals surface area contributed by atoms with Crippen molar-refractivity contribution in [3.63, 3.8) is 0 Å². The van der Waals surface area contributed by atoms with Crippen molar-refractivity contribution in [3.05, 3.63) is 95.3 Å². The zero-order valence-electron chi connectivity index (χ0n) is 15.1. The van der Waals surface area contributed by atoms with E-state index in [1.807, 2.05) is 0 Å². The fourth-order valence-electron chi connectivity index (χ4n) is 2.82. The number of hydrogen-bond acceptors (Lipinski definition) is 2. The summed E-state index contributed by atoms with van der Waals surface area (Å²) < 4.78 is 53.3. The van der Waals surface area contributed by atoms with Crippen molar-refractivity contribution in [1.29, 1.82) is 0 Å². The van der Waals surface area contributed by atoms with Crippen LogP contribution in [0.25, 0.3) is 0 Å². The van der Waals surface area contributed by atoms with Crippen LogP contribution in [-0.4, -0.2) is 11.0 Å². The summed E-state index contributed by atoms with van der Waals surface area (Å²) in [5.41, 5.74) is -0.114. The van der Waals surface area contributed by atoms with E-state index in [1.54, 1.807) is 30.3 Å². The number of aromatic nitrogens is 1. The molecule has 3 rings (SSSR count). The first kappa shape index (κ1) is 20.3. The lowest BCUT2D eigenvalue weighted by Crippen LogP contribution is -2.34. The lowest BCUT2D eigenvalue weighted by atomic mass is 9.98. The summed E-state index contributed by atoms with van der Waals surface area (Å²) >= 11 is 0. The third-order valence-electron chi connectivity index (χ3n) is 4.19. The number of nitrogens with one attached hydrogen (secondary N) is 2. The SMILES string of the molecule is O=C(Nc1ccccc1)N[C@@H](c1ccc(CF)cc1)c1ncccc1C(F)(F)F. The van der Waals surface area contributed by atoms with E-state index in [9.17, 15) is 22.4 Å². The molecule has 0 saturated heterocycles. The van der Waals surface area contributed by atoms with E-state index in [0.29, 0.717) is 16.8 Å². The number of alkyl halides is 4. The molecule has 3 aromatic rings. The first-order valence-electron chi connectivity index (χ1n) is 8.68. The van der Waals surface area contributed by atoms with E-state index in [1.165, 1.54) is 36.5 Å². The van der Waals surface area contributed by atoms with Crippen LogP contribution in [-0.2, 0) is 12.9 Å². The molecule has 29 heavy (non-hydrogen) atoms. The highest BCUT2D eigenvalue weighted by Gasteiger charge is 2.37. The van der Waals surface area contributed by atoms with Crippen LogP contribution in [0.3, 0.4) is 0 Å². The molecule has 4 nitrogen and oxygen atoms in total. The number of amides is 2. The van der Waals surface area contributed by atoms with Crippen LogP contribution >= 0.6 is 0 Å². The number of carbonyl (C=O) groups is 1. The van der Waals surface area contributed by atoms with Crippen molar-refractivity contribution in [2.24, 2.45) is 0 Å². The summed E-state index contributed by atoms with van der Waals surface area (Å²) in [6.45, 7) is -0.704. The predicted octanol–water partition coefficient (Wildman–Crippen LogP) is 5.48. The molecule has 0 radical (unpaired) electrons. The number of nitrogens with zero attached hydrogens (tertiary/aromatic N) is 1. The van der Waals surface area contributed by atoms with Gasteiger partial charge in [-0.3, -0.25) is 4.98 Å². The van der Waals surface area contributed by atoms with E-state index in [4.69, 9.17) is 0 Å². The molecule has 8 heteroatoms. The Kier molecular flexibility index (Phi) is 6.11. The van der Waals surface area contributed by atoms with Gasteiger partial charge in [-0.05, 0) is 35.4 Å². The smallest absolute Gasteiger partial charge is 0.325 e. The zero-order valence-corrected chi connectivity index (χ0v) is 15.1. The zero-order chi connectivity index (χ0) is 20.9. The minimum Gasteiger partial charge on any atom is -0.325 e. The van der Waals surface area contributed by atoms with Crippen LogP contribution in [0, 0.1) is 0 Å². The lowest BCUT2D eigenvalue weighted by Gasteiger charge is -2.22. The quantitative estimate of drug-likeness (QED) is 0.554. The third-order valence-corrected chi connectivity index (χ3v) is 4.19. The topological polar surface area (TPSA) is 54.0 Å². The third kappa shape index (κ3) is 5.10. The van der Waals surface area contributed by atoms with Gasteiger partial charge in [0.15, 0.2) is 0 Å². The average Bonchev–Trinajstić information content (AvgIpc) is 2.72. The largest absolute Gasteiger partial charge is 0.418 e. The van der Waals surface area contributed by atoms with E-state index in [0.717, 1.165) is 6.07 Å². The normalized spacial score (nSPS) is 12.3. The number of pyridine rings is 1. The molecule has 0 saturated carbocycles. The molecule has 0 aliphatic rings. The van der Waals surface area contributed by atoms with Crippen LogP contribution in [0.15, 0.2) is 72.9 Å². The van der Waals surface area contributed by atoms with Crippen LogP contribution in [0.4, 0.5) is 28.0 Å². The maximum absolute atomic E-state index is 13.5. The second kappa shape index (κ2) is 8.72. The number of hydrogen-bond donors (Lipinski definition) is 2. The van der Waals surface area contributed by atoms with Crippen molar-refractivity contribution in [2.75, 3.05) is 5.32 Å². The van der Waals surface area contributed by atoms with Gasteiger partial charge < -0.3 is 10.6 Å². The number of carbonyl (C=O) groups excluding carboxylic acids is 1. The Morgan fingerprint density at radius 2 is 1.66 bits per heavy atom. The van der Waals surface area contributed by atoms with Gasteiger partial charge in [0.05, 0.1) is 17.3 Å². The molecule has 2 N–H and O–H groups in total. The first-order chi connectivity index (χ1) is 13.9. The average molecular weight is 403 g/mol. The minimum atomic E-state index is -4.65. The second-order valence-corrected chi connectivity index (χ2v) is 6.21. The molecule has 2 aromatic carbocycles. The van der Waals surface area contributed by atoms with Crippen LogP contribution in [0.2, 0.25) is 0 Å². The second-order valence-electron chi connectivity index (χ2n) is 6.21.